The van der Waals surface area contributed by atoms with Crippen molar-refractivity contribution >= 4 is 11.5 Å². The smallest absolute Gasteiger partial charge is 0.328 e. The maximum Gasteiger partial charge on any atom is 0.328 e. The molecule has 3 heteroatoms. The van der Waals surface area contributed by atoms with Crippen molar-refractivity contribution < 1.29 is 14.6 Å². The number of rotatable bonds is 6. The third-order valence-corrected chi connectivity index (χ3v) is 7.07. The Morgan fingerprint density at radius 1 is 1.07 bits per heavy atom. The van der Waals surface area contributed by atoms with Gasteiger partial charge in [-0.1, -0.05) is 30.4 Å². The van der Waals surface area contributed by atoms with Crippen LogP contribution in [-0.2, 0) is 10.2 Å². The van der Waals surface area contributed by atoms with Crippen LogP contribution in [0.4, 0.5) is 0 Å². The number of carbonyl (C=O) groups is 1. The summed E-state index contributed by atoms with van der Waals surface area (Å²) in [4.78, 5) is 10.5. The number of hydrogen-bond donors (Lipinski definition) is 1. The number of carboxylic acid groups (broad SMARTS) is 1. The first kappa shape index (κ1) is 19.0. The SMILES string of the molecule is COc1ccc(/C(C)=C/C=C/C=C/C(=O)O)cc1C12CC3CC(CC(C3)C1)C2. The van der Waals surface area contributed by atoms with Crippen molar-refractivity contribution in [1.29, 1.82) is 0 Å². The number of benzene rings is 1. The van der Waals surface area contributed by atoms with E-state index in [9.17, 15) is 4.79 Å². The summed E-state index contributed by atoms with van der Waals surface area (Å²) < 4.78 is 5.81. The zero-order valence-electron chi connectivity index (χ0n) is 16.9. The normalized spacial score (nSPS) is 31.8. The zero-order chi connectivity index (χ0) is 19.7. The topological polar surface area (TPSA) is 46.5 Å². The van der Waals surface area contributed by atoms with Gasteiger partial charge in [-0.05, 0) is 91.9 Å². The summed E-state index contributed by atoms with van der Waals surface area (Å²) in [6, 6.07) is 6.63. The Morgan fingerprint density at radius 3 is 2.29 bits per heavy atom. The molecular formula is C25H30O3. The fourth-order valence-electron chi connectivity index (χ4n) is 6.31. The number of allylic oxidation sites excluding steroid dienone is 5. The van der Waals surface area contributed by atoms with E-state index >= 15 is 0 Å². The second kappa shape index (κ2) is 7.62. The molecule has 1 N–H and O–H groups in total. The molecule has 1 aromatic carbocycles. The summed E-state index contributed by atoms with van der Waals surface area (Å²) >= 11 is 0. The first-order valence-corrected chi connectivity index (χ1v) is 10.4. The first-order valence-electron chi connectivity index (χ1n) is 10.4. The van der Waals surface area contributed by atoms with Gasteiger partial charge >= 0.3 is 5.97 Å². The molecule has 0 spiro atoms. The monoisotopic (exact) mass is 378 g/mol. The van der Waals surface area contributed by atoms with Crippen LogP contribution in [0.5, 0.6) is 5.75 Å². The van der Waals surface area contributed by atoms with Gasteiger partial charge in [0, 0.05) is 11.6 Å². The predicted molar refractivity (Wildman–Crippen MR) is 112 cm³/mol. The molecule has 4 aliphatic carbocycles. The van der Waals surface area contributed by atoms with Crippen molar-refractivity contribution in [3.8, 4) is 5.75 Å². The minimum atomic E-state index is -0.930. The van der Waals surface area contributed by atoms with Gasteiger partial charge < -0.3 is 9.84 Å². The Bertz CT molecular complexity index is 808. The molecule has 148 valence electrons. The molecule has 0 aliphatic heterocycles. The lowest BCUT2D eigenvalue weighted by Crippen LogP contribution is -2.48. The molecule has 4 bridgehead atoms. The van der Waals surface area contributed by atoms with Gasteiger partial charge in [-0.3, -0.25) is 0 Å². The summed E-state index contributed by atoms with van der Waals surface area (Å²) in [5.41, 5.74) is 4.11. The van der Waals surface area contributed by atoms with Gasteiger partial charge in [-0.15, -0.1) is 0 Å². The summed E-state index contributed by atoms with van der Waals surface area (Å²) in [6.07, 6.45) is 16.6. The number of carboxylic acids is 1. The van der Waals surface area contributed by atoms with Crippen LogP contribution in [0, 0.1) is 17.8 Å². The van der Waals surface area contributed by atoms with E-state index in [0.29, 0.717) is 5.41 Å². The van der Waals surface area contributed by atoms with E-state index in [1.165, 1.54) is 55.2 Å². The summed E-state index contributed by atoms with van der Waals surface area (Å²) in [5, 5.41) is 8.65. The van der Waals surface area contributed by atoms with Crippen LogP contribution in [0.2, 0.25) is 0 Å². The van der Waals surface area contributed by atoms with Gasteiger partial charge in [0.05, 0.1) is 7.11 Å². The van der Waals surface area contributed by atoms with E-state index in [2.05, 4.69) is 25.1 Å². The van der Waals surface area contributed by atoms with Crippen molar-refractivity contribution in [2.45, 2.75) is 50.9 Å². The molecule has 0 saturated heterocycles. The number of methoxy groups -OCH3 is 1. The highest BCUT2D eigenvalue weighted by Gasteiger charge is 2.52. The van der Waals surface area contributed by atoms with E-state index in [4.69, 9.17) is 9.84 Å². The molecular weight excluding hydrogens is 348 g/mol. The van der Waals surface area contributed by atoms with Gasteiger partial charge in [0.15, 0.2) is 0 Å². The van der Waals surface area contributed by atoms with E-state index in [0.717, 1.165) is 29.6 Å². The molecule has 28 heavy (non-hydrogen) atoms. The third-order valence-electron chi connectivity index (χ3n) is 7.07. The molecule has 0 unspecified atom stereocenters. The Balaban J connectivity index is 1.63. The second-order valence-corrected chi connectivity index (χ2v) is 9.04. The maximum atomic E-state index is 10.5. The minimum Gasteiger partial charge on any atom is -0.496 e. The molecule has 5 rings (SSSR count). The highest BCUT2D eigenvalue weighted by Crippen LogP contribution is 2.62. The van der Waals surface area contributed by atoms with Gasteiger partial charge in [-0.25, -0.2) is 4.79 Å². The maximum absolute atomic E-state index is 10.5. The van der Waals surface area contributed by atoms with Crippen molar-refractivity contribution in [2.24, 2.45) is 17.8 Å². The lowest BCUT2D eigenvalue weighted by atomic mass is 9.48. The zero-order valence-corrected chi connectivity index (χ0v) is 16.9. The Hall–Kier alpha value is -2.29. The van der Waals surface area contributed by atoms with Crippen LogP contribution >= 0.6 is 0 Å². The summed E-state index contributed by atoms with van der Waals surface area (Å²) in [6.45, 7) is 2.11. The van der Waals surface area contributed by atoms with E-state index in [1.54, 1.807) is 19.3 Å². The highest BCUT2D eigenvalue weighted by atomic mass is 16.5. The van der Waals surface area contributed by atoms with Crippen LogP contribution in [0.25, 0.3) is 5.57 Å². The average Bonchev–Trinajstić information content (AvgIpc) is 2.65. The highest BCUT2D eigenvalue weighted by molar-refractivity contribution is 5.80. The molecule has 0 amide bonds. The standard InChI is InChI=1S/C25H30O3/c1-17(6-4-3-5-7-24(26)27)21-8-9-23(28-2)22(13-21)25-14-18-10-19(15-25)12-20(11-18)16-25/h3-9,13,18-20H,10-12,14-16H2,1-2H3,(H,26,27)/b4-3+,7-5+,17-6+. The third kappa shape index (κ3) is 3.67. The number of aliphatic carboxylic acids is 1. The van der Waals surface area contributed by atoms with Crippen LogP contribution in [0.15, 0.2) is 48.6 Å². The second-order valence-electron chi connectivity index (χ2n) is 9.04. The van der Waals surface area contributed by atoms with Gasteiger partial charge in [0.2, 0.25) is 0 Å². The largest absolute Gasteiger partial charge is 0.496 e. The van der Waals surface area contributed by atoms with Crippen molar-refractivity contribution in [1.82, 2.24) is 0 Å². The lowest BCUT2D eigenvalue weighted by Gasteiger charge is -2.57. The molecule has 4 saturated carbocycles. The Kier molecular flexibility index (Phi) is 5.18. The molecule has 0 heterocycles. The summed E-state index contributed by atoms with van der Waals surface area (Å²) in [7, 11) is 1.79. The van der Waals surface area contributed by atoms with Crippen LogP contribution < -0.4 is 4.74 Å². The fraction of sp³-hybridized carbons (Fsp3) is 0.480. The first-order chi connectivity index (χ1) is 13.5. The quantitative estimate of drug-likeness (QED) is 0.505. The Morgan fingerprint density at radius 2 is 1.71 bits per heavy atom. The molecule has 4 fully saturated rings. The Labute approximate surface area is 167 Å². The number of hydrogen-bond acceptors (Lipinski definition) is 2. The molecule has 4 aliphatic rings. The molecule has 0 aromatic heterocycles. The fourth-order valence-corrected chi connectivity index (χ4v) is 6.31. The summed E-state index contributed by atoms with van der Waals surface area (Å²) in [5.74, 6) is 2.82. The van der Waals surface area contributed by atoms with Crippen molar-refractivity contribution in [2.75, 3.05) is 7.11 Å². The van der Waals surface area contributed by atoms with Gasteiger partial charge in [0.25, 0.3) is 0 Å². The van der Waals surface area contributed by atoms with Crippen molar-refractivity contribution in [3.05, 3.63) is 59.7 Å². The number of ether oxygens (including phenoxy) is 1. The molecule has 3 nitrogen and oxygen atoms in total. The van der Waals surface area contributed by atoms with E-state index in [1.807, 2.05) is 12.2 Å². The minimum absolute atomic E-state index is 0.302. The lowest BCUT2D eigenvalue weighted by molar-refractivity contribution is -0.131. The molecule has 0 radical (unpaired) electrons. The predicted octanol–water partition coefficient (Wildman–Crippen LogP) is 5.76. The van der Waals surface area contributed by atoms with Crippen LogP contribution in [-0.4, -0.2) is 18.2 Å². The van der Waals surface area contributed by atoms with Crippen LogP contribution in [0.1, 0.15) is 56.6 Å². The van der Waals surface area contributed by atoms with Crippen molar-refractivity contribution in [3.63, 3.8) is 0 Å². The molecule has 0 atom stereocenters. The molecule has 1 aromatic rings. The van der Waals surface area contributed by atoms with E-state index < -0.39 is 5.97 Å². The van der Waals surface area contributed by atoms with E-state index in [-0.39, 0.29) is 0 Å². The van der Waals surface area contributed by atoms with Gasteiger partial charge in [0.1, 0.15) is 5.75 Å². The van der Waals surface area contributed by atoms with Crippen LogP contribution in [0.3, 0.4) is 0 Å². The average molecular weight is 379 g/mol. The van der Waals surface area contributed by atoms with Gasteiger partial charge in [-0.2, -0.15) is 0 Å².